The number of anilines is 2. The molecule has 0 fully saturated rings. The van der Waals surface area contributed by atoms with Crippen molar-refractivity contribution in [1.29, 1.82) is 0 Å². The summed E-state index contributed by atoms with van der Waals surface area (Å²) in [4.78, 5) is 16.3. The number of hydrogen-bond acceptors (Lipinski definition) is 3. The SMILES string of the molecule is CCCC(CC(N)=O)N1c2ccccc2Sc2ccccc21. The van der Waals surface area contributed by atoms with E-state index in [1.54, 1.807) is 11.8 Å². The molecule has 1 amide bonds. The first-order chi connectivity index (χ1) is 10.7. The van der Waals surface area contributed by atoms with Gasteiger partial charge >= 0.3 is 0 Å². The topological polar surface area (TPSA) is 46.3 Å². The summed E-state index contributed by atoms with van der Waals surface area (Å²) in [6, 6.07) is 16.8. The van der Waals surface area contributed by atoms with E-state index in [1.807, 2.05) is 12.1 Å². The summed E-state index contributed by atoms with van der Waals surface area (Å²) in [5.41, 5.74) is 7.84. The van der Waals surface area contributed by atoms with Crippen molar-refractivity contribution >= 4 is 29.0 Å². The zero-order valence-corrected chi connectivity index (χ0v) is 13.5. The van der Waals surface area contributed by atoms with Gasteiger partial charge in [-0.2, -0.15) is 0 Å². The first kappa shape index (κ1) is 15.0. The number of primary amides is 1. The molecular weight excluding hydrogens is 292 g/mol. The number of carbonyl (C=O) groups excluding carboxylic acids is 1. The lowest BCUT2D eigenvalue weighted by atomic mass is 10.0. The zero-order valence-electron chi connectivity index (χ0n) is 12.7. The van der Waals surface area contributed by atoms with Crippen LogP contribution in [0.5, 0.6) is 0 Å². The molecule has 1 atom stereocenters. The van der Waals surface area contributed by atoms with Crippen molar-refractivity contribution in [2.75, 3.05) is 4.90 Å². The van der Waals surface area contributed by atoms with Gasteiger partial charge in [-0.05, 0) is 30.7 Å². The van der Waals surface area contributed by atoms with Crippen LogP contribution in [0.15, 0.2) is 58.3 Å². The highest BCUT2D eigenvalue weighted by molar-refractivity contribution is 7.99. The van der Waals surface area contributed by atoms with Crippen molar-refractivity contribution in [3.8, 4) is 0 Å². The molecule has 0 aromatic heterocycles. The molecule has 2 N–H and O–H groups in total. The number of carbonyl (C=O) groups is 1. The largest absolute Gasteiger partial charge is 0.370 e. The molecule has 1 heterocycles. The Hall–Kier alpha value is -1.94. The van der Waals surface area contributed by atoms with Gasteiger partial charge in [0.05, 0.1) is 11.4 Å². The van der Waals surface area contributed by atoms with Crippen molar-refractivity contribution in [2.24, 2.45) is 5.73 Å². The number of nitrogens with zero attached hydrogens (tertiary/aromatic N) is 1. The second-order valence-corrected chi connectivity index (χ2v) is 6.60. The maximum absolute atomic E-state index is 11.5. The standard InChI is InChI=1S/C18H20N2OS/c1-2-7-13(12-18(19)21)20-14-8-3-5-10-16(14)22-17-11-6-4-9-15(17)20/h3-6,8-11,13H,2,7,12H2,1H3,(H2,19,21). The van der Waals surface area contributed by atoms with Crippen molar-refractivity contribution in [1.82, 2.24) is 0 Å². The van der Waals surface area contributed by atoms with Crippen LogP contribution in [0.25, 0.3) is 0 Å². The fourth-order valence-electron chi connectivity index (χ4n) is 3.01. The Morgan fingerprint density at radius 2 is 1.64 bits per heavy atom. The van der Waals surface area contributed by atoms with Crippen LogP contribution in [0.2, 0.25) is 0 Å². The third-order valence-electron chi connectivity index (χ3n) is 3.89. The molecule has 0 radical (unpaired) electrons. The lowest BCUT2D eigenvalue weighted by molar-refractivity contribution is -0.118. The molecule has 0 aliphatic carbocycles. The normalized spacial score (nSPS) is 14.1. The average molecular weight is 312 g/mol. The number of fused-ring (bicyclic) bond motifs is 2. The average Bonchev–Trinajstić information content (AvgIpc) is 2.51. The van der Waals surface area contributed by atoms with Crippen LogP contribution in [0.3, 0.4) is 0 Å². The molecule has 0 spiro atoms. The van der Waals surface area contributed by atoms with E-state index >= 15 is 0 Å². The Bertz CT molecular complexity index is 641. The van der Waals surface area contributed by atoms with E-state index in [9.17, 15) is 4.79 Å². The lowest BCUT2D eigenvalue weighted by Gasteiger charge is -2.38. The number of benzene rings is 2. The predicted molar refractivity (Wildman–Crippen MR) is 91.7 cm³/mol. The van der Waals surface area contributed by atoms with E-state index in [4.69, 9.17) is 5.73 Å². The molecule has 3 rings (SSSR count). The van der Waals surface area contributed by atoms with Crippen LogP contribution in [0, 0.1) is 0 Å². The van der Waals surface area contributed by atoms with E-state index < -0.39 is 0 Å². The van der Waals surface area contributed by atoms with Gasteiger partial charge in [-0.3, -0.25) is 4.79 Å². The van der Waals surface area contributed by atoms with Gasteiger partial charge in [0.2, 0.25) is 5.91 Å². The molecular formula is C18H20N2OS. The summed E-state index contributed by atoms with van der Waals surface area (Å²) in [6.07, 6.45) is 2.34. The fourth-order valence-corrected chi connectivity index (χ4v) is 4.09. The lowest BCUT2D eigenvalue weighted by Crippen LogP contribution is -2.36. The number of amides is 1. The van der Waals surface area contributed by atoms with E-state index in [1.165, 1.54) is 21.2 Å². The van der Waals surface area contributed by atoms with Crippen molar-refractivity contribution in [3.05, 3.63) is 48.5 Å². The Morgan fingerprint density at radius 1 is 1.09 bits per heavy atom. The second-order valence-electron chi connectivity index (χ2n) is 5.52. The van der Waals surface area contributed by atoms with Gasteiger partial charge < -0.3 is 10.6 Å². The molecule has 1 unspecified atom stereocenters. The summed E-state index contributed by atoms with van der Waals surface area (Å²) in [5.74, 6) is -0.244. The number of nitrogens with two attached hydrogens (primary N) is 1. The van der Waals surface area contributed by atoms with Crippen LogP contribution >= 0.6 is 11.8 Å². The Labute approximate surface area is 135 Å². The first-order valence-electron chi connectivity index (χ1n) is 7.64. The Balaban J connectivity index is 2.10. The molecule has 3 nitrogen and oxygen atoms in total. The summed E-state index contributed by atoms with van der Waals surface area (Å²) < 4.78 is 0. The zero-order chi connectivity index (χ0) is 15.5. The number of rotatable bonds is 5. The van der Waals surface area contributed by atoms with Crippen LogP contribution in [-0.2, 0) is 4.79 Å². The summed E-state index contributed by atoms with van der Waals surface area (Å²) in [6.45, 7) is 2.14. The monoisotopic (exact) mass is 312 g/mol. The molecule has 1 aliphatic heterocycles. The number of para-hydroxylation sites is 2. The fraction of sp³-hybridized carbons (Fsp3) is 0.278. The van der Waals surface area contributed by atoms with Crippen LogP contribution in [0.1, 0.15) is 26.2 Å². The van der Waals surface area contributed by atoms with Gasteiger partial charge in [-0.1, -0.05) is 49.4 Å². The van der Waals surface area contributed by atoms with Crippen LogP contribution in [0.4, 0.5) is 11.4 Å². The molecule has 0 saturated heterocycles. The second kappa shape index (κ2) is 6.44. The molecule has 1 aliphatic rings. The van der Waals surface area contributed by atoms with Crippen molar-refractivity contribution in [2.45, 2.75) is 42.0 Å². The van der Waals surface area contributed by atoms with Gasteiger partial charge in [0, 0.05) is 22.3 Å². The van der Waals surface area contributed by atoms with Gasteiger partial charge in [0.15, 0.2) is 0 Å². The summed E-state index contributed by atoms with van der Waals surface area (Å²) in [7, 11) is 0. The Kier molecular flexibility index (Phi) is 4.39. The van der Waals surface area contributed by atoms with Gasteiger partial charge in [0.25, 0.3) is 0 Å². The predicted octanol–water partition coefficient (Wildman–Crippen LogP) is 4.33. The van der Waals surface area contributed by atoms with Crippen molar-refractivity contribution in [3.63, 3.8) is 0 Å². The molecule has 0 saturated carbocycles. The van der Waals surface area contributed by atoms with E-state index in [0.717, 1.165) is 12.8 Å². The van der Waals surface area contributed by atoms with Crippen LogP contribution in [-0.4, -0.2) is 11.9 Å². The molecule has 2 aromatic rings. The highest BCUT2D eigenvalue weighted by Crippen LogP contribution is 2.49. The first-order valence-corrected chi connectivity index (χ1v) is 8.45. The van der Waals surface area contributed by atoms with Gasteiger partial charge in [-0.25, -0.2) is 0 Å². The van der Waals surface area contributed by atoms with Crippen molar-refractivity contribution < 1.29 is 4.79 Å². The Morgan fingerprint density at radius 3 is 2.14 bits per heavy atom. The molecule has 4 heteroatoms. The minimum absolute atomic E-state index is 0.102. The molecule has 0 bridgehead atoms. The maximum Gasteiger partial charge on any atom is 0.219 e. The van der Waals surface area contributed by atoms with E-state index in [2.05, 4.69) is 48.2 Å². The molecule has 114 valence electrons. The summed E-state index contributed by atoms with van der Waals surface area (Å²) in [5, 5.41) is 0. The third-order valence-corrected chi connectivity index (χ3v) is 5.02. The highest BCUT2D eigenvalue weighted by atomic mass is 32.2. The maximum atomic E-state index is 11.5. The number of hydrogen-bond donors (Lipinski definition) is 1. The summed E-state index contributed by atoms with van der Waals surface area (Å²) >= 11 is 1.78. The van der Waals surface area contributed by atoms with Gasteiger partial charge in [-0.15, -0.1) is 0 Å². The molecule has 22 heavy (non-hydrogen) atoms. The quantitative estimate of drug-likeness (QED) is 0.893. The third kappa shape index (κ3) is 2.83. The highest BCUT2D eigenvalue weighted by Gasteiger charge is 2.29. The van der Waals surface area contributed by atoms with Crippen LogP contribution < -0.4 is 10.6 Å². The van der Waals surface area contributed by atoms with Gasteiger partial charge in [0.1, 0.15) is 0 Å². The molecule has 2 aromatic carbocycles. The minimum atomic E-state index is -0.244. The smallest absolute Gasteiger partial charge is 0.219 e. The van der Waals surface area contributed by atoms with E-state index in [-0.39, 0.29) is 11.9 Å². The minimum Gasteiger partial charge on any atom is -0.370 e. The van der Waals surface area contributed by atoms with E-state index in [0.29, 0.717) is 6.42 Å².